The van der Waals surface area contributed by atoms with Gasteiger partial charge in [0.2, 0.25) is 0 Å². The summed E-state index contributed by atoms with van der Waals surface area (Å²) in [5.74, 6) is 0.371. The van der Waals surface area contributed by atoms with E-state index in [0.717, 1.165) is 50.3 Å². The quantitative estimate of drug-likeness (QED) is 0.0656. The van der Waals surface area contributed by atoms with Gasteiger partial charge < -0.3 is 46.2 Å². The van der Waals surface area contributed by atoms with Crippen molar-refractivity contribution >= 4 is 39.5 Å². The Morgan fingerprint density at radius 1 is 0.943 bits per heavy atom. The number of carboxylic acid groups (broad SMARTS) is 1. The molecule has 0 aromatic rings. The van der Waals surface area contributed by atoms with Crippen LogP contribution in [0.2, 0.25) is 0 Å². The summed E-state index contributed by atoms with van der Waals surface area (Å²) in [5, 5.41) is 35.6. The predicted octanol–water partition coefficient (Wildman–Crippen LogP) is -2.94. The second-order valence-corrected chi connectivity index (χ2v) is 18.5. The Labute approximate surface area is 402 Å². The summed E-state index contributed by atoms with van der Waals surface area (Å²) in [6.45, 7) is 18.6. The van der Waals surface area contributed by atoms with Crippen LogP contribution in [0.1, 0.15) is 102 Å². The summed E-state index contributed by atoms with van der Waals surface area (Å²) in [4.78, 5) is 45.0. The molecule has 0 aromatic carbocycles. The van der Waals surface area contributed by atoms with Gasteiger partial charge in [-0.25, -0.2) is 9.47 Å². The minimum Gasteiger partial charge on any atom is -1.00 e. The number of oxime groups is 2. The van der Waals surface area contributed by atoms with E-state index in [2.05, 4.69) is 61.1 Å². The molecule has 4 N–H and O–H groups in total. The monoisotopic (exact) mass is 832 g/mol. The molecule has 0 amide bonds. The number of esters is 1. The van der Waals surface area contributed by atoms with Gasteiger partial charge in [-0.15, -0.1) is 4.33 Å². The molecule has 302 valence electrons. The fraction of sp³-hybridized carbons (Fsp3) is 0.853. The second kappa shape index (κ2) is 26.5. The van der Waals surface area contributed by atoms with Gasteiger partial charge in [0, 0.05) is 53.6 Å². The molecular formula is C34H64K2N3O13S-. The topological polar surface area (TPSA) is 252 Å². The molecule has 2 aliphatic carbocycles. The molecular weight excluding hydrogens is 769 g/mol. The van der Waals surface area contributed by atoms with Crippen molar-refractivity contribution in [1.82, 2.24) is 0 Å². The van der Waals surface area contributed by atoms with E-state index in [4.69, 9.17) is 40.0 Å². The maximum Gasteiger partial charge on any atom is 1.00 e. The smallest absolute Gasteiger partial charge is 1.00 e. The normalized spacial score (nSPS) is 26.9. The van der Waals surface area contributed by atoms with E-state index in [0.29, 0.717) is 36.0 Å². The number of nitrogens with two attached hydrogens (primary N) is 1. The molecule has 0 saturated heterocycles. The molecule has 2 fully saturated rings. The number of carbonyl (C=O) groups is 3. The molecule has 0 aromatic heterocycles. The Morgan fingerprint density at radius 3 is 1.49 bits per heavy atom. The number of methoxy groups -OCH3 is 1. The first-order valence-corrected chi connectivity index (χ1v) is 20.1. The van der Waals surface area contributed by atoms with Crippen molar-refractivity contribution in [2.75, 3.05) is 19.6 Å². The molecule has 0 unspecified atom stereocenters. The maximum absolute atomic E-state index is 11.8. The number of hydrogen-bond donors (Lipinski definition) is 3. The van der Waals surface area contributed by atoms with Gasteiger partial charge in [-0.2, -0.15) is 0 Å². The fourth-order valence-corrected chi connectivity index (χ4v) is 6.79. The van der Waals surface area contributed by atoms with Gasteiger partial charge in [0.25, 0.3) is 6.47 Å². The van der Waals surface area contributed by atoms with E-state index in [9.17, 15) is 18.9 Å². The summed E-state index contributed by atoms with van der Waals surface area (Å²) in [6.07, 6.45) is 7.14. The van der Waals surface area contributed by atoms with Crippen LogP contribution in [0, 0.1) is 47.3 Å². The number of fused-ring (bicyclic) bond motifs is 2. The summed E-state index contributed by atoms with van der Waals surface area (Å²) < 4.78 is 26.7. The third-order valence-electron chi connectivity index (χ3n) is 9.09. The third-order valence-corrected chi connectivity index (χ3v) is 9.51. The molecule has 2 saturated carbocycles. The zero-order valence-corrected chi connectivity index (χ0v) is 41.4. The molecule has 0 spiro atoms. The van der Waals surface area contributed by atoms with Gasteiger partial charge in [0.1, 0.15) is 21.8 Å². The first kappa shape index (κ1) is 57.9. The summed E-state index contributed by atoms with van der Waals surface area (Å²) >= 11 is 0. The molecule has 4 aliphatic rings. The number of ether oxygens (including phenoxy) is 1. The summed E-state index contributed by atoms with van der Waals surface area (Å²) in [6, 6.07) is 0. The van der Waals surface area contributed by atoms with Crippen LogP contribution in [-0.2, 0) is 47.6 Å². The van der Waals surface area contributed by atoms with Gasteiger partial charge in [-0.05, 0) is 71.1 Å². The number of carboxylic acids is 1. The van der Waals surface area contributed by atoms with E-state index in [-0.39, 0.29) is 146 Å². The Kier molecular flexibility index (Phi) is 29.0. The molecule has 53 heavy (non-hydrogen) atoms. The van der Waals surface area contributed by atoms with E-state index >= 15 is 0 Å². The van der Waals surface area contributed by atoms with Crippen molar-refractivity contribution in [3.8, 4) is 0 Å². The van der Waals surface area contributed by atoms with Gasteiger partial charge >= 0.3 is 109 Å². The molecule has 19 heteroatoms. The number of aliphatic carboxylic acids is 1. The molecule has 8 atom stereocenters. The van der Waals surface area contributed by atoms with Gasteiger partial charge in [0.15, 0.2) is 0 Å². The van der Waals surface area contributed by atoms with Gasteiger partial charge in [-0.1, -0.05) is 51.9 Å². The van der Waals surface area contributed by atoms with Crippen LogP contribution in [-0.4, -0.2) is 81.2 Å². The fourth-order valence-electron chi connectivity index (χ4n) is 6.79. The van der Waals surface area contributed by atoms with Crippen LogP contribution in [0.15, 0.2) is 10.3 Å². The van der Waals surface area contributed by atoms with Crippen molar-refractivity contribution in [3.63, 3.8) is 0 Å². The minimum absolute atomic E-state index is 0. The average molecular weight is 833 g/mol. The van der Waals surface area contributed by atoms with Gasteiger partial charge in [-0.3, -0.25) is 9.59 Å². The number of nitrogens with zero attached hydrogens (tertiary/aromatic N) is 2. The Morgan fingerprint density at radius 2 is 1.25 bits per heavy atom. The minimum atomic E-state index is -4.06. The van der Waals surface area contributed by atoms with Crippen molar-refractivity contribution in [2.24, 2.45) is 63.4 Å². The molecule has 0 bridgehead atoms. The first-order valence-electron chi connectivity index (χ1n) is 17.4. The van der Waals surface area contributed by atoms with Crippen molar-refractivity contribution in [3.05, 3.63) is 0 Å². The SMILES string of the molecule is CC(C)(C)N.CCC(CC)C1=NO[C@H]2[C@@H]1[C@H](C)C[C@@H]2C(=O)OC.CCC(CC)C1=NO[C@H]2[C@@H]1[C@H](C)C[C@@H]2C(=O)[O-].CS(C)(=O)(O)OO.O=CO[O-].[H-].[K+].[K+]. The molecule has 2 heterocycles. The van der Waals surface area contributed by atoms with E-state index in [1.165, 1.54) is 12.8 Å². The Bertz CT molecular complexity index is 1230. The molecule has 2 aliphatic heterocycles. The third kappa shape index (κ3) is 20.2. The van der Waals surface area contributed by atoms with Crippen LogP contribution >= 0.6 is 0 Å². The zero-order chi connectivity index (χ0) is 39.9. The number of carbonyl (C=O) groups excluding carboxylic acids is 3. The van der Waals surface area contributed by atoms with Crippen LogP contribution < -0.4 is 119 Å². The zero-order valence-electron chi connectivity index (χ0n) is 35.4. The van der Waals surface area contributed by atoms with Crippen LogP contribution in [0.4, 0.5) is 0 Å². The summed E-state index contributed by atoms with van der Waals surface area (Å²) in [7, 11) is -2.62. The largest absolute Gasteiger partial charge is 1.00 e. The average Bonchev–Trinajstić information content (AvgIpc) is 3.81. The van der Waals surface area contributed by atoms with Crippen molar-refractivity contribution < 1.29 is 167 Å². The second-order valence-electron chi connectivity index (χ2n) is 15.0. The summed E-state index contributed by atoms with van der Waals surface area (Å²) in [5.41, 5.74) is 7.60. The van der Waals surface area contributed by atoms with Crippen LogP contribution in [0.25, 0.3) is 0 Å². The standard InChI is InChI=1S/C14H23NO3.C13H21NO3.C4H11N.C2H8O4S.CH2O3.2K.H/c1-5-9(6-2)12-11-8(3)7-10(14(16)17-4)13(11)18-15-12;1-4-8(5-2)11-10-7(3)6-9(13(15)16)12(10)17-14-11;1-4(2,3)5;1-7(2,4,5)6-3;2-1-4-3;;;/h8-11,13H,5-7H2,1-4H3;7-10,12H,4-6H2,1-3H3,(H,15,16);5H2,1-3H3;3H,1-2H3,(H,4,5);1,3H;;;/q;;;;;2*+1;-1/p-2/t8-,10+,11-,13-;7-,9+,10-,12-;;;;;;/m11....../s1. The van der Waals surface area contributed by atoms with Crippen LogP contribution in [0.3, 0.4) is 0 Å². The molecule has 0 radical (unpaired) electrons. The predicted molar refractivity (Wildman–Crippen MR) is 190 cm³/mol. The van der Waals surface area contributed by atoms with Crippen molar-refractivity contribution in [2.45, 2.75) is 119 Å². The Hall–Kier alpha value is 0.573. The van der Waals surface area contributed by atoms with E-state index in [1.54, 1.807) is 0 Å². The molecule has 4 rings (SSSR count). The number of rotatable bonds is 10. The van der Waals surface area contributed by atoms with Crippen molar-refractivity contribution in [1.29, 1.82) is 0 Å². The van der Waals surface area contributed by atoms with Gasteiger partial charge in [0.05, 0.1) is 24.5 Å². The first-order chi connectivity index (χ1) is 23.5. The molecule has 16 nitrogen and oxygen atoms in total. The van der Waals surface area contributed by atoms with E-state index < -0.39 is 21.5 Å². The van der Waals surface area contributed by atoms with Crippen LogP contribution in [0.5, 0.6) is 0 Å². The van der Waals surface area contributed by atoms with E-state index in [1.807, 2.05) is 20.8 Å². The number of hydrogen-bond acceptors (Lipinski definition) is 15. The maximum atomic E-state index is 11.8. The Balaban J connectivity index is -0.000000321.